The van der Waals surface area contributed by atoms with Crippen LogP contribution >= 0.6 is 11.3 Å². The molecule has 1 N–H and O–H groups in total. The van der Waals surface area contributed by atoms with Gasteiger partial charge >= 0.3 is 0 Å². The van der Waals surface area contributed by atoms with Crippen molar-refractivity contribution < 1.29 is 13.9 Å². The third-order valence-electron chi connectivity index (χ3n) is 4.06. The molecule has 2 aromatic carbocycles. The van der Waals surface area contributed by atoms with E-state index in [4.69, 9.17) is 9.15 Å². The molecule has 0 spiro atoms. The Kier molecular flexibility index (Phi) is 4.64. The Hall–Kier alpha value is -3.12. The molecule has 0 radical (unpaired) electrons. The van der Waals surface area contributed by atoms with Crippen LogP contribution in [0.4, 0.5) is 5.13 Å². The molecule has 0 aliphatic carbocycles. The van der Waals surface area contributed by atoms with Crippen LogP contribution in [-0.2, 0) is 0 Å². The molecule has 2 aromatic heterocycles. The van der Waals surface area contributed by atoms with Crippen LogP contribution < -0.4 is 10.1 Å². The molecule has 136 valence electrons. The van der Waals surface area contributed by atoms with Gasteiger partial charge in [0.15, 0.2) is 10.9 Å². The number of carbonyl (C=O) groups excluding carboxylic acids is 1. The molecule has 4 rings (SSSR count). The van der Waals surface area contributed by atoms with E-state index in [1.54, 1.807) is 6.07 Å². The fourth-order valence-electron chi connectivity index (χ4n) is 2.80. The van der Waals surface area contributed by atoms with Gasteiger partial charge in [0.1, 0.15) is 17.0 Å². The molecule has 0 fully saturated rings. The average Bonchev–Trinajstić information content (AvgIpc) is 3.28. The van der Waals surface area contributed by atoms with Gasteiger partial charge in [-0.25, -0.2) is 4.98 Å². The SMILES string of the molecule is CCOc1ccc2oc(-c3csc(NC(=O)c4cccc(C)c4)n3)cc2c1. The molecular formula is C21H18N2O3S. The summed E-state index contributed by atoms with van der Waals surface area (Å²) in [4.78, 5) is 16.9. The van der Waals surface area contributed by atoms with Gasteiger partial charge in [0.05, 0.1) is 6.61 Å². The maximum absolute atomic E-state index is 12.4. The summed E-state index contributed by atoms with van der Waals surface area (Å²) in [5.41, 5.74) is 3.11. The van der Waals surface area contributed by atoms with Crippen molar-refractivity contribution in [2.24, 2.45) is 0 Å². The van der Waals surface area contributed by atoms with Gasteiger partial charge in [-0.1, -0.05) is 17.7 Å². The lowest BCUT2D eigenvalue weighted by Gasteiger charge is -2.02. The van der Waals surface area contributed by atoms with Crippen molar-refractivity contribution in [2.45, 2.75) is 13.8 Å². The summed E-state index contributed by atoms with van der Waals surface area (Å²) < 4.78 is 11.4. The maximum Gasteiger partial charge on any atom is 0.257 e. The monoisotopic (exact) mass is 378 g/mol. The number of carbonyl (C=O) groups is 1. The molecular weight excluding hydrogens is 360 g/mol. The molecule has 2 heterocycles. The highest BCUT2D eigenvalue weighted by Gasteiger charge is 2.13. The first-order valence-corrected chi connectivity index (χ1v) is 9.50. The largest absolute Gasteiger partial charge is 0.494 e. The number of thiazole rings is 1. The van der Waals surface area contributed by atoms with Crippen molar-refractivity contribution in [3.8, 4) is 17.2 Å². The summed E-state index contributed by atoms with van der Waals surface area (Å²) in [5.74, 6) is 1.29. The van der Waals surface area contributed by atoms with E-state index in [1.165, 1.54) is 11.3 Å². The lowest BCUT2D eigenvalue weighted by atomic mass is 10.1. The van der Waals surface area contributed by atoms with E-state index in [0.717, 1.165) is 22.3 Å². The number of nitrogens with one attached hydrogen (secondary N) is 1. The average molecular weight is 378 g/mol. The van der Waals surface area contributed by atoms with Gasteiger partial charge in [-0.15, -0.1) is 11.3 Å². The minimum atomic E-state index is -0.175. The van der Waals surface area contributed by atoms with E-state index in [9.17, 15) is 4.79 Å². The predicted molar refractivity (Wildman–Crippen MR) is 108 cm³/mol. The zero-order chi connectivity index (χ0) is 18.8. The molecule has 0 aliphatic heterocycles. The second-order valence-electron chi connectivity index (χ2n) is 6.10. The van der Waals surface area contributed by atoms with Gasteiger partial charge in [-0.05, 0) is 50.2 Å². The van der Waals surface area contributed by atoms with Crippen LogP contribution in [0.15, 0.2) is 58.3 Å². The fourth-order valence-corrected chi connectivity index (χ4v) is 3.50. The summed E-state index contributed by atoms with van der Waals surface area (Å²) >= 11 is 1.37. The second-order valence-corrected chi connectivity index (χ2v) is 6.96. The minimum Gasteiger partial charge on any atom is -0.494 e. The standard InChI is InChI=1S/C21H18N2O3S/c1-3-25-16-7-8-18-15(10-16)11-19(26-18)17-12-27-21(22-17)23-20(24)14-6-4-5-13(2)9-14/h4-12H,3H2,1-2H3,(H,22,23,24). The summed E-state index contributed by atoms with van der Waals surface area (Å²) in [7, 11) is 0. The zero-order valence-electron chi connectivity index (χ0n) is 15.0. The number of rotatable bonds is 5. The molecule has 6 heteroatoms. The third-order valence-corrected chi connectivity index (χ3v) is 4.81. The predicted octanol–water partition coefficient (Wildman–Crippen LogP) is 5.52. The topological polar surface area (TPSA) is 64.4 Å². The number of fused-ring (bicyclic) bond motifs is 1. The van der Waals surface area contributed by atoms with Crippen LogP contribution in [-0.4, -0.2) is 17.5 Å². The van der Waals surface area contributed by atoms with E-state index >= 15 is 0 Å². The Labute approximate surface area is 160 Å². The first-order chi connectivity index (χ1) is 13.1. The number of anilines is 1. The zero-order valence-corrected chi connectivity index (χ0v) is 15.8. The molecule has 27 heavy (non-hydrogen) atoms. The van der Waals surface area contributed by atoms with Gasteiger partial charge in [0.2, 0.25) is 0 Å². The van der Waals surface area contributed by atoms with Crippen molar-refractivity contribution in [1.82, 2.24) is 4.98 Å². The van der Waals surface area contributed by atoms with Crippen LogP contribution in [0, 0.1) is 6.92 Å². The smallest absolute Gasteiger partial charge is 0.257 e. The summed E-state index contributed by atoms with van der Waals surface area (Å²) in [5, 5.41) is 6.20. The molecule has 0 unspecified atom stereocenters. The number of ether oxygens (including phenoxy) is 1. The molecule has 0 bridgehead atoms. The second kappa shape index (κ2) is 7.25. The molecule has 0 aliphatic rings. The summed E-state index contributed by atoms with van der Waals surface area (Å²) in [6.45, 7) is 4.52. The number of aryl methyl sites for hydroxylation is 1. The van der Waals surface area contributed by atoms with Gasteiger partial charge in [0, 0.05) is 16.3 Å². The molecule has 0 saturated carbocycles. The number of hydrogen-bond acceptors (Lipinski definition) is 5. The van der Waals surface area contributed by atoms with Crippen molar-refractivity contribution in [2.75, 3.05) is 11.9 Å². The normalized spacial score (nSPS) is 10.9. The highest BCUT2D eigenvalue weighted by atomic mass is 32.1. The number of hydrogen-bond donors (Lipinski definition) is 1. The van der Waals surface area contributed by atoms with E-state index in [1.807, 2.05) is 61.7 Å². The van der Waals surface area contributed by atoms with Crippen molar-refractivity contribution >= 4 is 33.3 Å². The van der Waals surface area contributed by atoms with Crippen LogP contribution in [0.5, 0.6) is 5.75 Å². The van der Waals surface area contributed by atoms with Crippen LogP contribution in [0.25, 0.3) is 22.4 Å². The summed E-state index contributed by atoms with van der Waals surface area (Å²) in [6.07, 6.45) is 0. The Morgan fingerprint density at radius 2 is 2.11 bits per heavy atom. The Morgan fingerprint density at radius 1 is 1.22 bits per heavy atom. The highest BCUT2D eigenvalue weighted by Crippen LogP contribution is 2.32. The van der Waals surface area contributed by atoms with E-state index in [-0.39, 0.29) is 5.91 Å². The first-order valence-electron chi connectivity index (χ1n) is 8.62. The van der Waals surface area contributed by atoms with Crippen molar-refractivity contribution in [3.05, 3.63) is 65.0 Å². The van der Waals surface area contributed by atoms with Gasteiger partial charge in [-0.3, -0.25) is 10.1 Å². The third kappa shape index (κ3) is 3.71. The Bertz CT molecular complexity index is 1110. The van der Waals surface area contributed by atoms with Crippen LogP contribution in [0.2, 0.25) is 0 Å². The van der Waals surface area contributed by atoms with E-state index < -0.39 is 0 Å². The van der Waals surface area contributed by atoms with Crippen LogP contribution in [0.3, 0.4) is 0 Å². The number of furan rings is 1. The quantitative estimate of drug-likeness (QED) is 0.497. The van der Waals surface area contributed by atoms with E-state index in [2.05, 4.69) is 10.3 Å². The number of benzene rings is 2. The van der Waals surface area contributed by atoms with Gasteiger partial charge < -0.3 is 9.15 Å². The Balaban J connectivity index is 1.55. The minimum absolute atomic E-state index is 0.175. The molecule has 4 aromatic rings. The molecule has 5 nitrogen and oxygen atoms in total. The molecule has 1 amide bonds. The van der Waals surface area contributed by atoms with Gasteiger partial charge in [-0.2, -0.15) is 0 Å². The fraction of sp³-hybridized carbons (Fsp3) is 0.143. The molecule has 0 saturated heterocycles. The lowest BCUT2D eigenvalue weighted by Crippen LogP contribution is -2.11. The first kappa shape index (κ1) is 17.3. The maximum atomic E-state index is 12.4. The highest BCUT2D eigenvalue weighted by molar-refractivity contribution is 7.14. The summed E-state index contributed by atoms with van der Waals surface area (Å²) in [6, 6.07) is 15.1. The number of amides is 1. The number of nitrogens with zero attached hydrogens (tertiary/aromatic N) is 1. The van der Waals surface area contributed by atoms with E-state index in [0.29, 0.717) is 28.8 Å². The Morgan fingerprint density at radius 3 is 2.93 bits per heavy atom. The van der Waals surface area contributed by atoms with Crippen molar-refractivity contribution in [3.63, 3.8) is 0 Å². The number of aromatic nitrogens is 1. The molecule has 0 atom stereocenters. The van der Waals surface area contributed by atoms with Gasteiger partial charge in [0.25, 0.3) is 5.91 Å². The van der Waals surface area contributed by atoms with Crippen LogP contribution in [0.1, 0.15) is 22.8 Å². The lowest BCUT2D eigenvalue weighted by molar-refractivity contribution is 0.102. The van der Waals surface area contributed by atoms with Crippen molar-refractivity contribution in [1.29, 1.82) is 0 Å².